The zero-order chi connectivity index (χ0) is 15.0. The Morgan fingerprint density at radius 1 is 1.10 bits per heavy atom. The number of esters is 1. The Morgan fingerprint density at radius 2 is 1.71 bits per heavy atom. The van der Waals surface area contributed by atoms with Crippen LogP contribution < -0.4 is 0 Å². The van der Waals surface area contributed by atoms with Gasteiger partial charge in [-0.2, -0.15) is 0 Å². The van der Waals surface area contributed by atoms with Crippen LogP contribution in [0.4, 0.5) is 0 Å². The number of hydrogen-bond donors (Lipinski definition) is 0. The summed E-state index contributed by atoms with van der Waals surface area (Å²) in [5.74, 6) is -0.523. The predicted octanol–water partition coefficient (Wildman–Crippen LogP) is 4.13. The number of carbonyl (C=O) groups excluding carboxylic acids is 2. The maximum Gasteiger partial charge on any atom is 0.339 e. The van der Waals surface area contributed by atoms with Gasteiger partial charge in [0.15, 0.2) is 5.60 Å². The first-order chi connectivity index (χ1) is 10.1. The number of rotatable bonds is 3. The molecule has 1 atom stereocenters. The summed E-state index contributed by atoms with van der Waals surface area (Å²) in [4.78, 5) is 25.2. The van der Waals surface area contributed by atoms with Gasteiger partial charge in [0.2, 0.25) is 5.78 Å². The number of alkyl halides is 1. The third-order valence-electron chi connectivity index (χ3n) is 3.92. The SMILES string of the molecule is CCCC1(CBr)OC(=O)c2cc3ccccc3cc2C1=O. The van der Waals surface area contributed by atoms with Crippen LogP contribution in [-0.2, 0) is 4.74 Å². The molecule has 0 bridgehead atoms. The van der Waals surface area contributed by atoms with Gasteiger partial charge in [-0.25, -0.2) is 4.79 Å². The third-order valence-corrected chi connectivity index (χ3v) is 4.83. The molecule has 0 saturated heterocycles. The fourth-order valence-electron chi connectivity index (χ4n) is 2.84. The molecule has 0 saturated carbocycles. The minimum atomic E-state index is -1.07. The Morgan fingerprint density at radius 3 is 2.29 bits per heavy atom. The first-order valence-corrected chi connectivity index (χ1v) is 8.10. The molecule has 4 heteroatoms. The van der Waals surface area contributed by atoms with Gasteiger partial charge in [0, 0.05) is 5.56 Å². The van der Waals surface area contributed by atoms with Gasteiger partial charge in [-0.1, -0.05) is 53.5 Å². The van der Waals surface area contributed by atoms with Crippen molar-refractivity contribution in [2.75, 3.05) is 5.33 Å². The molecule has 0 N–H and O–H groups in total. The van der Waals surface area contributed by atoms with Crippen LogP contribution in [0.25, 0.3) is 10.8 Å². The van der Waals surface area contributed by atoms with E-state index in [1.165, 1.54) is 0 Å². The van der Waals surface area contributed by atoms with Gasteiger partial charge in [-0.3, -0.25) is 4.79 Å². The van der Waals surface area contributed by atoms with Crippen molar-refractivity contribution in [3.05, 3.63) is 47.5 Å². The molecule has 0 radical (unpaired) electrons. The number of carbonyl (C=O) groups is 2. The number of Topliss-reactive ketones (excluding diaryl/α,β-unsaturated/α-hetero) is 1. The van der Waals surface area contributed by atoms with Crippen molar-refractivity contribution in [1.82, 2.24) is 0 Å². The van der Waals surface area contributed by atoms with Crippen LogP contribution >= 0.6 is 15.9 Å². The highest BCUT2D eigenvalue weighted by atomic mass is 79.9. The molecule has 108 valence electrons. The number of halogens is 1. The number of ether oxygens (including phenoxy) is 1. The molecule has 1 unspecified atom stereocenters. The second-order valence-corrected chi connectivity index (χ2v) is 5.90. The summed E-state index contributed by atoms with van der Waals surface area (Å²) in [7, 11) is 0. The van der Waals surface area contributed by atoms with E-state index in [0.717, 1.165) is 17.2 Å². The van der Waals surface area contributed by atoms with Crippen LogP contribution in [0.2, 0.25) is 0 Å². The molecule has 2 aromatic rings. The van der Waals surface area contributed by atoms with Crippen LogP contribution in [0.15, 0.2) is 36.4 Å². The Kier molecular flexibility index (Phi) is 3.57. The summed E-state index contributed by atoms with van der Waals surface area (Å²) in [6.07, 6.45) is 1.29. The number of fused-ring (bicyclic) bond motifs is 2. The van der Waals surface area contributed by atoms with E-state index >= 15 is 0 Å². The summed E-state index contributed by atoms with van der Waals surface area (Å²) >= 11 is 3.34. The largest absolute Gasteiger partial charge is 0.446 e. The predicted molar refractivity (Wildman–Crippen MR) is 85.1 cm³/mol. The van der Waals surface area contributed by atoms with E-state index in [-0.39, 0.29) is 5.78 Å². The highest BCUT2D eigenvalue weighted by Gasteiger charge is 2.46. The molecule has 3 rings (SSSR count). The average molecular weight is 347 g/mol. The molecule has 3 nitrogen and oxygen atoms in total. The van der Waals surface area contributed by atoms with Gasteiger partial charge in [0.1, 0.15) is 0 Å². The molecular weight excluding hydrogens is 332 g/mol. The smallest absolute Gasteiger partial charge is 0.339 e. The Hall–Kier alpha value is -1.68. The standard InChI is InChI=1S/C17H15BrO3/c1-2-7-17(10-18)15(19)13-8-11-5-3-4-6-12(11)9-14(13)16(20)21-17/h3-6,8-9H,2,7,10H2,1H3. The summed E-state index contributed by atoms with van der Waals surface area (Å²) in [5, 5.41) is 2.21. The van der Waals surface area contributed by atoms with Crippen molar-refractivity contribution in [2.45, 2.75) is 25.4 Å². The zero-order valence-corrected chi connectivity index (χ0v) is 13.3. The first kappa shape index (κ1) is 14.3. The zero-order valence-electron chi connectivity index (χ0n) is 11.7. The Labute approximate surface area is 131 Å². The van der Waals surface area contributed by atoms with E-state index in [2.05, 4.69) is 15.9 Å². The van der Waals surface area contributed by atoms with Crippen LogP contribution in [-0.4, -0.2) is 22.7 Å². The summed E-state index contributed by atoms with van der Waals surface area (Å²) in [5.41, 5.74) is -0.231. The first-order valence-electron chi connectivity index (χ1n) is 6.98. The Balaban J connectivity index is 2.21. The van der Waals surface area contributed by atoms with Crippen molar-refractivity contribution in [1.29, 1.82) is 0 Å². The molecule has 21 heavy (non-hydrogen) atoms. The van der Waals surface area contributed by atoms with E-state index in [9.17, 15) is 9.59 Å². The topological polar surface area (TPSA) is 43.4 Å². The molecule has 1 aliphatic heterocycles. The Bertz CT molecular complexity index is 738. The number of benzene rings is 2. The lowest BCUT2D eigenvalue weighted by molar-refractivity contribution is -0.00784. The lowest BCUT2D eigenvalue weighted by Gasteiger charge is -2.34. The van der Waals surface area contributed by atoms with Crippen molar-refractivity contribution in [2.24, 2.45) is 0 Å². The minimum Gasteiger partial charge on any atom is -0.446 e. The van der Waals surface area contributed by atoms with E-state index < -0.39 is 11.6 Å². The van der Waals surface area contributed by atoms with E-state index in [1.807, 2.05) is 31.2 Å². The summed E-state index contributed by atoms with van der Waals surface area (Å²) in [6.45, 7) is 1.97. The second kappa shape index (κ2) is 5.26. The van der Waals surface area contributed by atoms with Crippen LogP contribution in [0.1, 0.15) is 40.5 Å². The average Bonchev–Trinajstić information content (AvgIpc) is 2.51. The van der Waals surface area contributed by atoms with Gasteiger partial charge in [0.05, 0.1) is 10.9 Å². The lowest BCUT2D eigenvalue weighted by atomic mass is 9.84. The number of hydrogen-bond acceptors (Lipinski definition) is 3. The van der Waals surface area contributed by atoms with Crippen LogP contribution in [0.5, 0.6) is 0 Å². The lowest BCUT2D eigenvalue weighted by Crippen LogP contribution is -2.49. The van der Waals surface area contributed by atoms with Gasteiger partial charge in [-0.15, -0.1) is 0 Å². The van der Waals surface area contributed by atoms with E-state index in [0.29, 0.717) is 22.9 Å². The van der Waals surface area contributed by atoms with Crippen LogP contribution in [0.3, 0.4) is 0 Å². The molecule has 2 aromatic carbocycles. The second-order valence-electron chi connectivity index (χ2n) is 5.34. The van der Waals surface area contributed by atoms with Gasteiger partial charge in [-0.05, 0) is 29.3 Å². The van der Waals surface area contributed by atoms with Crippen molar-refractivity contribution in [3.8, 4) is 0 Å². The van der Waals surface area contributed by atoms with E-state index in [1.54, 1.807) is 12.1 Å². The maximum atomic E-state index is 12.8. The molecule has 1 aliphatic rings. The number of cyclic esters (lactones) is 1. The van der Waals surface area contributed by atoms with Crippen molar-refractivity contribution >= 4 is 38.5 Å². The molecule has 0 fully saturated rings. The van der Waals surface area contributed by atoms with Gasteiger partial charge in [0.25, 0.3) is 0 Å². The number of ketones is 1. The molecule has 0 aromatic heterocycles. The summed E-state index contributed by atoms with van der Waals surface area (Å²) < 4.78 is 5.52. The fraction of sp³-hybridized carbons (Fsp3) is 0.294. The summed E-state index contributed by atoms with van der Waals surface area (Å²) in [6, 6.07) is 11.2. The molecule has 0 amide bonds. The molecule has 0 spiro atoms. The highest BCUT2D eigenvalue weighted by molar-refractivity contribution is 9.09. The fourth-order valence-corrected chi connectivity index (χ4v) is 3.49. The van der Waals surface area contributed by atoms with Crippen molar-refractivity contribution < 1.29 is 14.3 Å². The van der Waals surface area contributed by atoms with Crippen molar-refractivity contribution in [3.63, 3.8) is 0 Å². The normalized spacial score (nSPS) is 21.2. The van der Waals surface area contributed by atoms with Gasteiger partial charge >= 0.3 is 5.97 Å². The maximum absolute atomic E-state index is 12.8. The van der Waals surface area contributed by atoms with Gasteiger partial charge < -0.3 is 4.74 Å². The minimum absolute atomic E-state index is 0.110. The highest BCUT2D eigenvalue weighted by Crippen LogP contribution is 2.35. The van der Waals surface area contributed by atoms with E-state index in [4.69, 9.17) is 4.74 Å². The molecule has 0 aliphatic carbocycles. The monoisotopic (exact) mass is 346 g/mol. The molecule has 1 heterocycles. The quantitative estimate of drug-likeness (QED) is 0.619. The van der Waals surface area contributed by atoms with Crippen LogP contribution in [0, 0.1) is 0 Å². The molecular formula is C17H15BrO3. The third kappa shape index (κ3) is 2.18.